The Morgan fingerprint density at radius 3 is 2.30 bits per heavy atom. The van der Waals surface area contributed by atoms with Crippen LogP contribution in [0, 0.1) is 6.92 Å². The lowest BCUT2D eigenvalue weighted by Crippen LogP contribution is -2.23. The maximum absolute atomic E-state index is 13.4. The molecule has 6 heteroatoms. The minimum Gasteiger partial charge on any atom is -0.290 e. The third-order valence-electron chi connectivity index (χ3n) is 5.16. The first kappa shape index (κ1) is 19.0. The van der Waals surface area contributed by atoms with E-state index in [9.17, 15) is 4.79 Å². The predicted molar refractivity (Wildman–Crippen MR) is 126 cm³/mol. The molecular formula is C24H18ClN3OS. The number of halogens is 1. The summed E-state index contributed by atoms with van der Waals surface area (Å²) in [6, 6.07) is 21.9. The molecule has 0 saturated carbocycles. The van der Waals surface area contributed by atoms with E-state index in [0.29, 0.717) is 28.5 Å². The van der Waals surface area contributed by atoms with Crippen molar-refractivity contribution >= 4 is 43.4 Å². The van der Waals surface area contributed by atoms with Crippen LogP contribution in [0.5, 0.6) is 0 Å². The fourth-order valence-corrected chi connectivity index (χ4v) is 5.06. The number of thiophene rings is 1. The fourth-order valence-electron chi connectivity index (χ4n) is 3.76. The lowest BCUT2D eigenvalue weighted by Gasteiger charge is -2.11. The van der Waals surface area contributed by atoms with E-state index in [2.05, 4.69) is 13.0 Å². The highest BCUT2D eigenvalue weighted by molar-refractivity contribution is 7.25. The summed E-state index contributed by atoms with van der Waals surface area (Å²) in [7, 11) is 0. The normalized spacial score (nSPS) is 11.4. The van der Waals surface area contributed by atoms with Crippen molar-refractivity contribution in [3.05, 3.63) is 82.6 Å². The van der Waals surface area contributed by atoms with Gasteiger partial charge in [0.2, 0.25) is 0 Å². The third-order valence-corrected chi connectivity index (χ3v) is 6.39. The number of hydrogen-bond acceptors (Lipinski definition) is 4. The second kappa shape index (κ2) is 7.67. The highest BCUT2D eigenvalue weighted by atomic mass is 35.5. The number of nitrogens with zero attached hydrogens (tertiary/aromatic N) is 3. The van der Waals surface area contributed by atoms with Gasteiger partial charge in [-0.15, -0.1) is 22.9 Å². The van der Waals surface area contributed by atoms with Crippen LogP contribution >= 0.6 is 22.9 Å². The van der Waals surface area contributed by atoms with E-state index >= 15 is 0 Å². The molecule has 3 aromatic heterocycles. The van der Waals surface area contributed by atoms with E-state index in [1.54, 1.807) is 4.57 Å². The van der Waals surface area contributed by atoms with E-state index in [-0.39, 0.29) is 5.56 Å². The van der Waals surface area contributed by atoms with Gasteiger partial charge in [0.1, 0.15) is 15.4 Å². The molecule has 0 N–H and O–H groups in total. The summed E-state index contributed by atoms with van der Waals surface area (Å²) < 4.78 is 2.30. The van der Waals surface area contributed by atoms with Crippen LogP contribution in [0.15, 0.2) is 71.5 Å². The van der Waals surface area contributed by atoms with Gasteiger partial charge in [-0.25, -0.2) is 9.97 Å². The summed E-state index contributed by atoms with van der Waals surface area (Å²) in [5.41, 5.74) is 4.56. The van der Waals surface area contributed by atoms with Crippen LogP contribution in [0.4, 0.5) is 0 Å². The molecule has 0 saturated heterocycles. The molecule has 0 aliphatic heterocycles. The standard InChI is InChI=1S/C24H18ClN3OS/c1-15-14-18(16-8-4-2-5-9-16)26-23-19(15)20-21(30-23)24(29)28(13-12-25)22(27-20)17-10-6-3-7-11-17/h2-11,14H,12-13H2,1H3. The summed E-state index contributed by atoms with van der Waals surface area (Å²) in [4.78, 5) is 24.0. The molecule has 3 heterocycles. The van der Waals surface area contributed by atoms with Gasteiger partial charge in [0.05, 0.1) is 11.2 Å². The van der Waals surface area contributed by atoms with Crippen molar-refractivity contribution in [1.29, 1.82) is 0 Å². The van der Waals surface area contributed by atoms with Crippen molar-refractivity contribution in [2.75, 3.05) is 5.88 Å². The van der Waals surface area contributed by atoms with Gasteiger partial charge in [-0.3, -0.25) is 9.36 Å². The average molecular weight is 432 g/mol. The minimum atomic E-state index is -0.0665. The molecular weight excluding hydrogens is 414 g/mol. The number of aromatic nitrogens is 3. The number of fused-ring (bicyclic) bond motifs is 3. The molecule has 0 spiro atoms. The van der Waals surface area contributed by atoms with E-state index < -0.39 is 0 Å². The molecule has 5 aromatic rings. The quantitative estimate of drug-likeness (QED) is 0.333. The molecule has 0 radical (unpaired) electrons. The Labute approximate surface area is 182 Å². The van der Waals surface area contributed by atoms with Crippen molar-refractivity contribution in [1.82, 2.24) is 14.5 Å². The van der Waals surface area contributed by atoms with Gasteiger partial charge >= 0.3 is 0 Å². The van der Waals surface area contributed by atoms with Crippen LogP contribution in [0.25, 0.3) is 43.1 Å². The lowest BCUT2D eigenvalue weighted by atomic mass is 10.1. The first-order valence-electron chi connectivity index (χ1n) is 9.69. The highest BCUT2D eigenvalue weighted by Gasteiger charge is 2.19. The minimum absolute atomic E-state index is 0.0665. The van der Waals surface area contributed by atoms with Gasteiger partial charge in [-0.05, 0) is 18.6 Å². The molecule has 0 aliphatic carbocycles. The summed E-state index contributed by atoms with van der Waals surface area (Å²) >= 11 is 7.42. The second-order valence-electron chi connectivity index (χ2n) is 7.10. The van der Waals surface area contributed by atoms with Crippen LogP contribution in [-0.2, 0) is 6.54 Å². The Balaban J connectivity index is 1.83. The van der Waals surface area contributed by atoms with Gasteiger partial charge in [-0.1, -0.05) is 60.7 Å². The second-order valence-corrected chi connectivity index (χ2v) is 8.47. The molecule has 0 atom stereocenters. The number of aryl methyl sites for hydroxylation is 1. The Morgan fingerprint density at radius 2 is 1.63 bits per heavy atom. The van der Waals surface area contributed by atoms with Gasteiger partial charge in [0, 0.05) is 28.9 Å². The zero-order chi connectivity index (χ0) is 20.7. The van der Waals surface area contributed by atoms with Crippen molar-refractivity contribution < 1.29 is 0 Å². The maximum atomic E-state index is 13.4. The Morgan fingerprint density at radius 1 is 0.967 bits per heavy atom. The average Bonchev–Trinajstić information content (AvgIpc) is 3.16. The number of alkyl halides is 1. The molecule has 5 rings (SSSR count). The molecule has 0 unspecified atom stereocenters. The summed E-state index contributed by atoms with van der Waals surface area (Å²) in [6.07, 6.45) is 0. The third kappa shape index (κ3) is 3.11. The predicted octanol–water partition coefficient (Wildman–Crippen LogP) is 5.89. The monoisotopic (exact) mass is 431 g/mol. The molecule has 0 aliphatic rings. The van der Waals surface area contributed by atoms with Crippen LogP contribution in [0.2, 0.25) is 0 Å². The molecule has 4 nitrogen and oxygen atoms in total. The van der Waals surface area contributed by atoms with E-state index in [0.717, 1.165) is 32.6 Å². The lowest BCUT2D eigenvalue weighted by molar-refractivity contribution is 0.734. The fraction of sp³-hybridized carbons (Fsp3) is 0.125. The highest BCUT2D eigenvalue weighted by Crippen LogP contribution is 2.35. The van der Waals surface area contributed by atoms with E-state index in [4.69, 9.17) is 21.6 Å². The number of rotatable bonds is 4. The summed E-state index contributed by atoms with van der Waals surface area (Å²) in [6.45, 7) is 2.46. The van der Waals surface area contributed by atoms with Gasteiger partial charge in [0.15, 0.2) is 0 Å². The first-order chi connectivity index (χ1) is 14.7. The first-order valence-corrected chi connectivity index (χ1v) is 11.0. The van der Waals surface area contributed by atoms with Crippen LogP contribution < -0.4 is 5.56 Å². The largest absolute Gasteiger partial charge is 0.290 e. The molecule has 2 aromatic carbocycles. The number of hydrogen-bond donors (Lipinski definition) is 0. The molecule has 0 amide bonds. The Bertz CT molecular complexity index is 1430. The molecule has 0 fully saturated rings. The number of pyridine rings is 1. The van der Waals surface area contributed by atoms with Crippen LogP contribution in [0.3, 0.4) is 0 Å². The smallest absolute Gasteiger partial charge is 0.271 e. The van der Waals surface area contributed by atoms with Crippen molar-refractivity contribution in [3.8, 4) is 22.6 Å². The summed E-state index contributed by atoms with van der Waals surface area (Å²) in [5.74, 6) is 0.979. The van der Waals surface area contributed by atoms with Crippen molar-refractivity contribution in [2.45, 2.75) is 13.5 Å². The zero-order valence-electron chi connectivity index (χ0n) is 16.3. The Hall–Kier alpha value is -3.02. The SMILES string of the molecule is Cc1cc(-c2ccccc2)nc2sc3c(=O)n(CCCl)c(-c4ccccc4)nc3c12. The zero-order valence-corrected chi connectivity index (χ0v) is 17.9. The molecule has 148 valence electrons. The van der Waals surface area contributed by atoms with Crippen LogP contribution in [0.1, 0.15) is 5.56 Å². The number of benzene rings is 2. The van der Waals surface area contributed by atoms with Gasteiger partial charge < -0.3 is 0 Å². The van der Waals surface area contributed by atoms with E-state index in [1.165, 1.54) is 11.3 Å². The summed E-state index contributed by atoms with van der Waals surface area (Å²) in [5, 5.41) is 0.946. The maximum Gasteiger partial charge on any atom is 0.271 e. The van der Waals surface area contributed by atoms with Crippen LogP contribution in [-0.4, -0.2) is 20.4 Å². The topological polar surface area (TPSA) is 47.8 Å². The van der Waals surface area contributed by atoms with Gasteiger partial charge in [-0.2, -0.15) is 0 Å². The Kier molecular flexibility index (Phi) is 4.85. The van der Waals surface area contributed by atoms with E-state index in [1.807, 2.05) is 60.7 Å². The van der Waals surface area contributed by atoms with Crippen molar-refractivity contribution in [3.63, 3.8) is 0 Å². The molecule has 0 bridgehead atoms. The van der Waals surface area contributed by atoms with Crippen molar-refractivity contribution in [2.24, 2.45) is 0 Å². The molecule has 30 heavy (non-hydrogen) atoms. The van der Waals surface area contributed by atoms with Gasteiger partial charge in [0.25, 0.3) is 5.56 Å².